The van der Waals surface area contributed by atoms with E-state index in [1.54, 1.807) is 12.1 Å². The number of halogens is 1. The Balaban J connectivity index is 1.86. The van der Waals surface area contributed by atoms with E-state index in [1.165, 1.54) is 12.1 Å². The van der Waals surface area contributed by atoms with Crippen LogP contribution in [0.1, 0.15) is 12.5 Å². The molecule has 0 spiro atoms. The molecule has 1 atom stereocenters. The minimum atomic E-state index is -0.205. The second kappa shape index (κ2) is 4.29. The minimum absolute atomic E-state index is 0.205. The maximum absolute atomic E-state index is 12.6. The highest BCUT2D eigenvalue weighted by Crippen LogP contribution is 2.02. The summed E-state index contributed by atoms with van der Waals surface area (Å²) in [7, 11) is 0. The molecule has 3 nitrogen and oxygen atoms in total. The van der Waals surface area contributed by atoms with E-state index in [-0.39, 0.29) is 5.82 Å². The van der Waals surface area contributed by atoms with Crippen LogP contribution in [0.15, 0.2) is 29.3 Å². The van der Waals surface area contributed by atoms with Gasteiger partial charge in [-0.2, -0.15) is 0 Å². The molecule has 4 heteroatoms. The molecule has 1 aliphatic rings. The molecule has 1 aromatic rings. The van der Waals surface area contributed by atoms with E-state index in [0.29, 0.717) is 12.6 Å². The Labute approximate surface area is 88.4 Å². The van der Waals surface area contributed by atoms with Gasteiger partial charge >= 0.3 is 0 Å². The summed E-state index contributed by atoms with van der Waals surface area (Å²) in [5, 5.41) is 6.36. The standard InChI is InChI=1S/C11H14FN3/c1-8-6-13-11(15-8)14-7-9-2-4-10(12)5-3-9/h2-5,8H,6-7H2,1H3,(H2,13,14,15). The first kappa shape index (κ1) is 9.96. The maximum atomic E-state index is 12.6. The predicted molar refractivity (Wildman–Crippen MR) is 58.1 cm³/mol. The van der Waals surface area contributed by atoms with Crippen LogP contribution < -0.4 is 10.6 Å². The normalized spacial score (nSPS) is 19.6. The minimum Gasteiger partial charge on any atom is -0.352 e. The molecule has 0 aromatic heterocycles. The average Bonchev–Trinajstić information content (AvgIpc) is 2.64. The average molecular weight is 207 g/mol. The molecule has 1 heterocycles. The third-order valence-electron chi connectivity index (χ3n) is 2.28. The van der Waals surface area contributed by atoms with Gasteiger partial charge in [0.1, 0.15) is 5.82 Å². The molecule has 0 radical (unpaired) electrons. The van der Waals surface area contributed by atoms with Crippen LogP contribution in [0.3, 0.4) is 0 Å². The number of aliphatic imine (C=N–C) groups is 1. The van der Waals surface area contributed by atoms with Gasteiger partial charge in [0.05, 0.1) is 6.54 Å². The number of nitrogens with zero attached hydrogens (tertiary/aromatic N) is 1. The first-order valence-corrected chi connectivity index (χ1v) is 5.03. The topological polar surface area (TPSA) is 36.4 Å². The maximum Gasteiger partial charge on any atom is 0.191 e. The lowest BCUT2D eigenvalue weighted by molar-refractivity contribution is 0.626. The van der Waals surface area contributed by atoms with Crippen molar-refractivity contribution in [3.8, 4) is 0 Å². The van der Waals surface area contributed by atoms with Gasteiger partial charge in [0.25, 0.3) is 0 Å². The number of hydrogen-bond acceptors (Lipinski definition) is 3. The second-order valence-corrected chi connectivity index (χ2v) is 3.71. The molecule has 0 bridgehead atoms. The smallest absolute Gasteiger partial charge is 0.191 e. The van der Waals surface area contributed by atoms with Gasteiger partial charge in [0.15, 0.2) is 5.96 Å². The van der Waals surface area contributed by atoms with Gasteiger partial charge in [-0.1, -0.05) is 12.1 Å². The molecule has 0 amide bonds. The molecule has 1 aliphatic heterocycles. The van der Waals surface area contributed by atoms with E-state index in [2.05, 4.69) is 22.5 Å². The summed E-state index contributed by atoms with van der Waals surface area (Å²) in [5.74, 6) is 0.621. The van der Waals surface area contributed by atoms with Crippen molar-refractivity contribution in [3.63, 3.8) is 0 Å². The zero-order chi connectivity index (χ0) is 10.7. The van der Waals surface area contributed by atoms with Gasteiger partial charge in [-0.15, -0.1) is 0 Å². The monoisotopic (exact) mass is 207 g/mol. The number of nitrogens with one attached hydrogen (secondary N) is 2. The van der Waals surface area contributed by atoms with Crippen molar-refractivity contribution in [2.24, 2.45) is 4.99 Å². The van der Waals surface area contributed by atoms with Crippen molar-refractivity contribution >= 4 is 5.96 Å². The van der Waals surface area contributed by atoms with Crippen LogP contribution in [0.5, 0.6) is 0 Å². The zero-order valence-corrected chi connectivity index (χ0v) is 8.63. The first-order valence-electron chi connectivity index (χ1n) is 5.03. The highest BCUT2D eigenvalue weighted by atomic mass is 19.1. The van der Waals surface area contributed by atoms with Crippen LogP contribution in [-0.2, 0) is 6.54 Å². The fourth-order valence-corrected chi connectivity index (χ4v) is 1.45. The van der Waals surface area contributed by atoms with E-state index in [0.717, 1.165) is 18.1 Å². The van der Waals surface area contributed by atoms with Gasteiger partial charge in [0, 0.05) is 12.6 Å². The lowest BCUT2D eigenvalue weighted by Gasteiger charge is -2.08. The van der Waals surface area contributed by atoms with Crippen molar-refractivity contribution in [1.29, 1.82) is 0 Å². The van der Waals surface area contributed by atoms with E-state index in [9.17, 15) is 4.39 Å². The molecular formula is C11H14FN3. The third-order valence-corrected chi connectivity index (χ3v) is 2.28. The van der Waals surface area contributed by atoms with Gasteiger partial charge in [-0.25, -0.2) is 4.39 Å². The Morgan fingerprint density at radius 2 is 2.20 bits per heavy atom. The molecule has 80 valence electrons. The van der Waals surface area contributed by atoms with Crippen LogP contribution in [0.4, 0.5) is 4.39 Å². The van der Waals surface area contributed by atoms with E-state index >= 15 is 0 Å². The van der Waals surface area contributed by atoms with E-state index in [4.69, 9.17) is 0 Å². The van der Waals surface area contributed by atoms with Gasteiger partial charge in [0.2, 0.25) is 0 Å². The molecule has 15 heavy (non-hydrogen) atoms. The quantitative estimate of drug-likeness (QED) is 0.766. The SMILES string of the molecule is CC1CN=C(NCc2ccc(F)cc2)N1. The van der Waals surface area contributed by atoms with Gasteiger partial charge in [-0.3, -0.25) is 4.99 Å². The summed E-state index contributed by atoms with van der Waals surface area (Å²) in [6.07, 6.45) is 0. The lowest BCUT2D eigenvalue weighted by Crippen LogP contribution is -2.37. The van der Waals surface area contributed by atoms with E-state index < -0.39 is 0 Å². The summed E-state index contributed by atoms with van der Waals surface area (Å²) in [5.41, 5.74) is 1.04. The fraction of sp³-hybridized carbons (Fsp3) is 0.364. The Kier molecular flexibility index (Phi) is 2.85. The second-order valence-electron chi connectivity index (χ2n) is 3.71. The number of benzene rings is 1. The Bertz CT molecular complexity index is 359. The van der Waals surface area contributed by atoms with E-state index in [1.807, 2.05) is 0 Å². The highest BCUT2D eigenvalue weighted by molar-refractivity contribution is 5.81. The van der Waals surface area contributed by atoms with Crippen molar-refractivity contribution in [3.05, 3.63) is 35.6 Å². The molecule has 0 saturated heterocycles. The molecule has 0 aliphatic carbocycles. The summed E-state index contributed by atoms with van der Waals surface area (Å²) in [6.45, 7) is 3.56. The van der Waals surface area contributed by atoms with Crippen LogP contribution in [0.25, 0.3) is 0 Å². The predicted octanol–water partition coefficient (Wildman–Crippen LogP) is 1.26. The Morgan fingerprint density at radius 3 is 2.80 bits per heavy atom. The fourth-order valence-electron chi connectivity index (χ4n) is 1.45. The largest absolute Gasteiger partial charge is 0.352 e. The van der Waals surface area contributed by atoms with Crippen molar-refractivity contribution < 1.29 is 4.39 Å². The van der Waals surface area contributed by atoms with Crippen LogP contribution in [0.2, 0.25) is 0 Å². The highest BCUT2D eigenvalue weighted by Gasteiger charge is 2.11. The summed E-state index contributed by atoms with van der Waals surface area (Å²) >= 11 is 0. The molecule has 1 aromatic carbocycles. The van der Waals surface area contributed by atoms with Crippen LogP contribution in [0, 0.1) is 5.82 Å². The zero-order valence-electron chi connectivity index (χ0n) is 8.63. The summed E-state index contributed by atoms with van der Waals surface area (Å²) in [4.78, 5) is 4.27. The summed E-state index contributed by atoms with van der Waals surface area (Å²) in [6, 6.07) is 6.86. The molecule has 2 rings (SSSR count). The molecule has 2 N–H and O–H groups in total. The van der Waals surface area contributed by atoms with Crippen molar-refractivity contribution in [1.82, 2.24) is 10.6 Å². The molecule has 1 unspecified atom stereocenters. The third kappa shape index (κ3) is 2.68. The molecular weight excluding hydrogens is 193 g/mol. The van der Waals surface area contributed by atoms with Crippen LogP contribution in [-0.4, -0.2) is 18.5 Å². The summed E-state index contributed by atoms with van der Waals surface area (Å²) < 4.78 is 12.6. The van der Waals surface area contributed by atoms with Crippen molar-refractivity contribution in [2.45, 2.75) is 19.5 Å². The Morgan fingerprint density at radius 1 is 1.47 bits per heavy atom. The molecule has 0 saturated carbocycles. The Hall–Kier alpha value is -1.58. The van der Waals surface area contributed by atoms with Gasteiger partial charge in [-0.05, 0) is 24.6 Å². The van der Waals surface area contributed by atoms with Gasteiger partial charge < -0.3 is 10.6 Å². The molecule has 0 fully saturated rings. The first-order chi connectivity index (χ1) is 7.24. The number of guanidine groups is 1. The van der Waals surface area contributed by atoms with Crippen molar-refractivity contribution in [2.75, 3.05) is 6.54 Å². The lowest BCUT2D eigenvalue weighted by atomic mass is 10.2. The number of rotatable bonds is 2. The number of hydrogen-bond donors (Lipinski definition) is 2. The van der Waals surface area contributed by atoms with Crippen LogP contribution >= 0.6 is 0 Å².